The molecule has 0 unspecified atom stereocenters. The molecule has 4 heteroatoms. The molecule has 0 fully saturated rings. The van der Waals surface area contributed by atoms with Crippen molar-refractivity contribution in [2.45, 2.75) is 6.61 Å². The van der Waals surface area contributed by atoms with E-state index in [0.717, 1.165) is 5.56 Å². The molecule has 2 rings (SSSR count). The zero-order valence-corrected chi connectivity index (χ0v) is 9.96. The molecule has 0 aliphatic carbocycles. The Labute approximate surface area is 105 Å². The highest BCUT2D eigenvalue weighted by Gasteiger charge is 2.05. The zero-order valence-electron chi connectivity index (χ0n) is 9.96. The van der Waals surface area contributed by atoms with Crippen molar-refractivity contribution in [1.29, 1.82) is 5.26 Å². The highest BCUT2D eigenvalue weighted by Crippen LogP contribution is 2.28. The minimum atomic E-state index is 0.435. The van der Waals surface area contributed by atoms with Crippen molar-refractivity contribution in [1.82, 2.24) is 4.98 Å². The summed E-state index contributed by atoms with van der Waals surface area (Å²) >= 11 is 0. The fraction of sp³-hybridized carbons (Fsp3) is 0.143. The Morgan fingerprint density at radius 1 is 1.17 bits per heavy atom. The number of ether oxygens (including phenoxy) is 2. The van der Waals surface area contributed by atoms with E-state index in [1.54, 1.807) is 37.7 Å². The second-order valence-electron chi connectivity index (χ2n) is 3.62. The molecule has 1 heterocycles. The van der Waals surface area contributed by atoms with Gasteiger partial charge in [-0.3, -0.25) is 4.98 Å². The van der Waals surface area contributed by atoms with Gasteiger partial charge in [-0.2, -0.15) is 5.26 Å². The maximum atomic E-state index is 8.80. The Kier molecular flexibility index (Phi) is 3.77. The van der Waals surface area contributed by atoms with Crippen LogP contribution in [0.1, 0.15) is 11.1 Å². The topological polar surface area (TPSA) is 55.1 Å². The first-order valence-electron chi connectivity index (χ1n) is 5.43. The van der Waals surface area contributed by atoms with Gasteiger partial charge in [0.25, 0.3) is 0 Å². The number of aromatic nitrogens is 1. The average molecular weight is 240 g/mol. The van der Waals surface area contributed by atoms with E-state index in [1.165, 1.54) is 0 Å². The molecule has 0 spiro atoms. The molecule has 2 aromatic rings. The molecule has 0 bridgehead atoms. The summed E-state index contributed by atoms with van der Waals surface area (Å²) in [7, 11) is 1.55. The van der Waals surface area contributed by atoms with Gasteiger partial charge in [0.1, 0.15) is 6.61 Å². The van der Waals surface area contributed by atoms with Crippen LogP contribution >= 0.6 is 0 Å². The maximum Gasteiger partial charge on any atom is 0.162 e. The molecule has 0 N–H and O–H groups in total. The van der Waals surface area contributed by atoms with Crippen molar-refractivity contribution in [3.8, 4) is 17.6 Å². The first-order valence-corrected chi connectivity index (χ1v) is 5.43. The molecule has 0 radical (unpaired) electrons. The van der Waals surface area contributed by atoms with Gasteiger partial charge in [0.05, 0.1) is 18.7 Å². The van der Waals surface area contributed by atoms with Gasteiger partial charge in [0.2, 0.25) is 0 Å². The number of hydrogen-bond acceptors (Lipinski definition) is 4. The van der Waals surface area contributed by atoms with E-state index in [0.29, 0.717) is 23.7 Å². The number of hydrogen-bond donors (Lipinski definition) is 0. The van der Waals surface area contributed by atoms with Crippen molar-refractivity contribution < 1.29 is 9.47 Å². The van der Waals surface area contributed by atoms with Gasteiger partial charge in [0.15, 0.2) is 11.5 Å². The van der Waals surface area contributed by atoms with Gasteiger partial charge in [-0.15, -0.1) is 0 Å². The minimum Gasteiger partial charge on any atom is -0.493 e. The average Bonchev–Trinajstić information content (AvgIpc) is 2.46. The number of pyridine rings is 1. The number of nitriles is 1. The van der Waals surface area contributed by atoms with E-state index in [9.17, 15) is 0 Å². The second kappa shape index (κ2) is 5.69. The van der Waals surface area contributed by atoms with Gasteiger partial charge < -0.3 is 9.47 Å². The highest BCUT2D eigenvalue weighted by molar-refractivity contribution is 5.46. The van der Waals surface area contributed by atoms with Gasteiger partial charge in [-0.05, 0) is 29.8 Å². The summed E-state index contributed by atoms with van der Waals surface area (Å²) in [4.78, 5) is 3.94. The van der Waals surface area contributed by atoms with Crippen molar-refractivity contribution >= 4 is 0 Å². The van der Waals surface area contributed by atoms with Crippen molar-refractivity contribution in [2.24, 2.45) is 0 Å². The van der Waals surface area contributed by atoms with Crippen molar-refractivity contribution in [3.63, 3.8) is 0 Å². The smallest absolute Gasteiger partial charge is 0.162 e. The monoisotopic (exact) mass is 240 g/mol. The molecule has 1 aromatic carbocycles. The highest BCUT2D eigenvalue weighted by atomic mass is 16.5. The van der Waals surface area contributed by atoms with Gasteiger partial charge in [-0.25, -0.2) is 0 Å². The molecular formula is C14H12N2O2. The van der Waals surface area contributed by atoms with Crippen LogP contribution in [0.3, 0.4) is 0 Å². The van der Waals surface area contributed by atoms with Gasteiger partial charge >= 0.3 is 0 Å². The molecular weight excluding hydrogens is 228 g/mol. The Hall–Kier alpha value is -2.54. The van der Waals surface area contributed by atoms with Crippen LogP contribution in [0, 0.1) is 11.3 Å². The Morgan fingerprint density at radius 2 is 1.94 bits per heavy atom. The first kappa shape index (κ1) is 11.9. The molecule has 0 saturated heterocycles. The van der Waals surface area contributed by atoms with Gasteiger partial charge in [0, 0.05) is 18.5 Å². The first-order chi connectivity index (χ1) is 8.83. The van der Waals surface area contributed by atoms with E-state index in [4.69, 9.17) is 14.7 Å². The minimum absolute atomic E-state index is 0.435. The standard InChI is InChI=1S/C14H12N2O2/c1-17-14-8-12(9-15)2-3-13(14)18-10-11-4-6-16-7-5-11/h2-8H,10H2,1H3. The van der Waals surface area contributed by atoms with E-state index >= 15 is 0 Å². The Morgan fingerprint density at radius 3 is 2.61 bits per heavy atom. The normalized spacial score (nSPS) is 9.56. The fourth-order valence-corrected chi connectivity index (χ4v) is 1.50. The summed E-state index contributed by atoms with van der Waals surface area (Å²) < 4.78 is 10.8. The molecule has 0 saturated carbocycles. The third-order valence-electron chi connectivity index (χ3n) is 2.44. The number of benzene rings is 1. The van der Waals surface area contributed by atoms with Crippen LogP contribution in [0.15, 0.2) is 42.7 Å². The van der Waals surface area contributed by atoms with Crippen LogP contribution in [0.4, 0.5) is 0 Å². The number of nitrogens with zero attached hydrogens (tertiary/aromatic N) is 2. The lowest BCUT2D eigenvalue weighted by atomic mass is 10.2. The van der Waals surface area contributed by atoms with Crippen LogP contribution in [0.5, 0.6) is 11.5 Å². The molecule has 0 amide bonds. The van der Waals surface area contributed by atoms with Crippen molar-refractivity contribution in [2.75, 3.05) is 7.11 Å². The SMILES string of the molecule is COc1cc(C#N)ccc1OCc1ccncc1. The molecule has 0 atom stereocenters. The number of methoxy groups -OCH3 is 1. The van der Waals surface area contributed by atoms with E-state index in [2.05, 4.69) is 11.1 Å². The lowest BCUT2D eigenvalue weighted by molar-refractivity contribution is 0.284. The largest absolute Gasteiger partial charge is 0.493 e. The Bertz CT molecular complexity index is 562. The summed E-state index contributed by atoms with van der Waals surface area (Å²) in [6.45, 7) is 0.435. The van der Waals surface area contributed by atoms with E-state index in [1.807, 2.05) is 12.1 Å². The zero-order chi connectivity index (χ0) is 12.8. The molecule has 4 nitrogen and oxygen atoms in total. The molecule has 18 heavy (non-hydrogen) atoms. The third-order valence-corrected chi connectivity index (χ3v) is 2.44. The van der Waals surface area contributed by atoms with Crippen LogP contribution in [-0.4, -0.2) is 12.1 Å². The lowest BCUT2D eigenvalue weighted by Crippen LogP contribution is -1.98. The number of rotatable bonds is 4. The summed E-state index contributed by atoms with van der Waals surface area (Å²) in [6, 6.07) is 10.9. The summed E-state index contributed by atoms with van der Waals surface area (Å²) in [5.41, 5.74) is 1.57. The molecule has 1 aromatic heterocycles. The summed E-state index contributed by atoms with van der Waals surface area (Å²) in [6.07, 6.45) is 3.43. The third kappa shape index (κ3) is 2.77. The maximum absolute atomic E-state index is 8.80. The summed E-state index contributed by atoms with van der Waals surface area (Å²) in [5, 5.41) is 8.80. The van der Waals surface area contributed by atoms with E-state index in [-0.39, 0.29) is 0 Å². The quantitative estimate of drug-likeness (QED) is 0.824. The van der Waals surface area contributed by atoms with Crippen LogP contribution < -0.4 is 9.47 Å². The van der Waals surface area contributed by atoms with E-state index < -0.39 is 0 Å². The second-order valence-corrected chi connectivity index (χ2v) is 3.62. The predicted octanol–water partition coefficient (Wildman–Crippen LogP) is 2.54. The Balaban J connectivity index is 2.12. The van der Waals surface area contributed by atoms with Crippen LogP contribution in [0.25, 0.3) is 0 Å². The lowest BCUT2D eigenvalue weighted by Gasteiger charge is -2.10. The van der Waals surface area contributed by atoms with Crippen molar-refractivity contribution in [3.05, 3.63) is 53.9 Å². The fourth-order valence-electron chi connectivity index (χ4n) is 1.50. The van der Waals surface area contributed by atoms with Crippen LogP contribution in [-0.2, 0) is 6.61 Å². The summed E-state index contributed by atoms with van der Waals surface area (Å²) in [5.74, 6) is 1.18. The molecule has 0 aliphatic heterocycles. The van der Waals surface area contributed by atoms with Crippen LogP contribution in [0.2, 0.25) is 0 Å². The molecule has 90 valence electrons. The molecule has 0 aliphatic rings. The predicted molar refractivity (Wildman–Crippen MR) is 66.3 cm³/mol. The van der Waals surface area contributed by atoms with Gasteiger partial charge in [-0.1, -0.05) is 0 Å².